The molecule has 4 nitrogen and oxygen atoms in total. The van der Waals surface area contributed by atoms with E-state index in [4.69, 9.17) is 9.84 Å². The molecule has 26 heavy (non-hydrogen) atoms. The standard InChI is InChI=1S/C22H19NO3/c24-22(25)13-17-6-3-5-16-12-19(10-11-20(16)17)26-14-18-9-8-15-4-1-2-7-21(15)23-18/h1-2,4,6-12H,3,5,13-14H2,(H,24,25). The number of aliphatic carboxylic acids is 1. The van der Waals surface area contributed by atoms with Gasteiger partial charge in [-0.1, -0.05) is 36.4 Å². The number of benzene rings is 2. The van der Waals surface area contributed by atoms with Crippen LogP contribution in [0, 0.1) is 0 Å². The number of nitrogens with zero attached hydrogens (tertiary/aromatic N) is 1. The van der Waals surface area contributed by atoms with Crippen LogP contribution in [0.15, 0.2) is 60.7 Å². The van der Waals surface area contributed by atoms with Crippen LogP contribution in [0.3, 0.4) is 0 Å². The van der Waals surface area contributed by atoms with Crippen molar-refractivity contribution in [2.45, 2.75) is 25.9 Å². The number of aryl methyl sites for hydroxylation is 1. The summed E-state index contributed by atoms with van der Waals surface area (Å²) >= 11 is 0. The number of rotatable bonds is 5. The number of allylic oxidation sites excluding steroid dienone is 1. The van der Waals surface area contributed by atoms with Crippen LogP contribution in [-0.2, 0) is 17.8 Å². The molecule has 1 aliphatic rings. The predicted molar refractivity (Wildman–Crippen MR) is 101 cm³/mol. The third-order valence-electron chi connectivity index (χ3n) is 4.61. The Kier molecular flexibility index (Phi) is 4.40. The number of aromatic nitrogens is 1. The number of pyridine rings is 1. The average molecular weight is 345 g/mol. The van der Waals surface area contributed by atoms with Gasteiger partial charge in [-0.25, -0.2) is 4.98 Å². The number of carboxylic acids is 1. The Morgan fingerprint density at radius 3 is 2.88 bits per heavy atom. The maximum absolute atomic E-state index is 11.0. The van der Waals surface area contributed by atoms with E-state index >= 15 is 0 Å². The first-order chi connectivity index (χ1) is 12.7. The number of carbonyl (C=O) groups is 1. The number of fused-ring (bicyclic) bond motifs is 2. The van der Waals surface area contributed by atoms with Crippen molar-refractivity contribution in [1.82, 2.24) is 4.98 Å². The molecule has 1 aromatic heterocycles. The second-order valence-electron chi connectivity index (χ2n) is 6.44. The number of hydrogen-bond acceptors (Lipinski definition) is 3. The summed E-state index contributed by atoms with van der Waals surface area (Å²) in [6.07, 6.45) is 3.86. The zero-order valence-corrected chi connectivity index (χ0v) is 14.3. The highest BCUT2D eigenvalue weighted by Crippen LogP contribution is 2.31. The Labute approximate surface area is 151 Å². The molecule has 0 radical (unpaired) electrons. The van der Waals surface area contributed by atoms with Crippen LogP contribution < -0.4 is 4.74 Å². The Balaban J connectivity index is 1.50. The van der Waals surface area contributed by atoms with Crippen LogP contribution in [0.2, 0.25) is 0 Å². The van der Waals surface area contributed by atoms with E-state index in [-0.39, 0.29) is 6.42 Å². The van der Waals surface area contributed by atoms with Gasteiger partial charge >= 0.3 is 5.97 Å². The van der Waals surface area contributed by atoms with Gasteiger partial charge in [0.25, 0.3) is 0 Å². The molecule has 0 amide bonds. The van der Waals surface area contributed by atoms with Gasteiger partial charge in [-0.15, -0.1) is 0 Å². The molecule has 2 aromatic carbocycles. The second kappa shape index (κ2) is 7.00. The van der Waals surface area contributed by atoms with Crippen LogP contribution in [-0.4, -0.2) is 16.1 Å². The van der Waals surface area contributed by atoms with Crippen LogP contribution in [0.1, 0.15) is 29.7 Å². The fourth-order valence-corrected chi connectivity index (χ4v) is 3.37. The first kappa shape index (κ1) is 16.3. The molecule has 1 aliphatic carbocycles. The highest BCUT2D eigenvalue weighted by Gasteiger charge is 2.15. The first-order valence-corrected chi connectivity index (χ1v) is 8.70. The zero-order chi connectivity index (χ0) is 17.9. The van der Waals surface area contributed by atoms with Crippen molar-refractivity contribution in [1.29, 1.82) is 0 Å². The van der Waals surface area contributed by atoms with Crippen LogP contribution in [0.25, 0.3) is 16.5 Å². The molecule has 0 aliphatic heterocycles. The molecule has 4 rings (SSSR count). The first-order valence-electron chi connectivity index (χ1n) is 8.70. The van der Waals surface area contributed by atoms with Gasteiger partial charge in [-0.2, -0.15) is 0 Å². The lowest BCUT2D eigenvalue weighted by Crippen LogP contribution is -2.05. The lowest BCUT2D eigenvalue weighted by molar-refractivity contribution is -0.135. The molecule has 0 saturated carbocycles. The largest absolute Gasteiger partial charge is 0.487 e. The molecule has 0 fully saturated rings. The summed E-state index contributed by atoms with van der Waals surface area (Å²) in [5, 5.41) is 10.2. The van der Waals surface area contributed by atoms with Crippen LogP contribution >= 0.6 is 0 Å². The maximum Gasteiger partial charge on any atom is 0.307 e. The molecule has 0 saturated heterocycles. The van der Waals surface area contributed by atoms with Gasteiger partial charge in [0.15, 0.2) is 0 Å². The summed E-state index contributed by atoms with van der Waals surface area (Å²) in [6.45, 7) is 0.404. The summed E-state index contributed by atoms with van der Waals surface area (Å²) in [5.74, 6) is -0.0120. The van der Waals surface area contributed by atoms with Gasteiger partial charge in [-0.3, -0.25) is 4.79 Å². The van der Waals surface area contributed by atoms with Gasteiger partial charge in [-0.05, 0) is 53.8 Å². The van der Waals surface area contributed by atoms with E-state index in [1.54, 1.807) is 0 Å². The second-order valence-corrected chi connectivity index (χ2v) is 6.44. The van der Waals surface area contributed by atoms with Crippen molar-refractivity contribution in [3.8, 4) is 5.75 Å². The van der Waals surface area contributed by atoms with Gasteiger partial charge in [0.05, 0.1) is 17.6 Å². The lowest BCUT2D eigenvalue weighted by Gasteiger charge is -2.18. The molecule has 0 atom stereocenters. The molecule has 0 bridgehead atoms. The van der Waals surface area contributed by atoms with Gasteiger partial charge in [0.1, 0.15) is 12.4 Å². The van der Waals surface area contributed by atoms with Gasteiger partial charge < -0.3 is 9.84 Å². The van der Waals surface area contributed by atoms with Gasteiger partial charge in [0, 0.05) is 5.39 Å². The third-order valence-corrected chi connectivity index (χ3v) is 4.61. The molecule has 1 N–H and O–H groups in total. The average Bonchev–Trinajstić information content (AvgIpc) is 2.66. The van der Waals surface area contributed by atoms with E-state index < -0.39 is 5.97 Å². The summed E-state index contributed by atoms with van der Waals surface area (Å²) in [4.78, 5) is 15.6. The highest BCUT2D eigenvalue weighted by atomic mass is 16.5. The number of carboxylic acid groups (broad SMARTS) is 1. The van der Waals surface area contributed by atoms with Crippen molar-refractivity contribution in [2.75, 3.05) is 0 Å². The molecule has 130 valence electrons. The number of hydrogen-bond donors (Lipinski definition) is 1. The van der Waals surface area contributed by atoms with E-state index in [1.165, 1.54) is 0 Å². The van der Waals surface area contributed by atoms with Crippen molar-refractivity contribution in [3.63, 3.8) is 0 Å². The Bertz CT molecular complexity index is 1010. The Morgan fingerprint density at radius 2 is 2.00 bits per heavy atom. The molecule has 4 heteroatoms. The third kappa shape index (κ3) is 3.45. The monoisotopic (exact) mass is 345 g/mol. The van der Waals surface area contributed by atoms with Crippen molar-refractivity contribution in [2.24, 2.45) is 0 Å². The quantitative estimate of drug-likeness (QED) is 0.733. The Hall–Kier alpha value is -3.14. The molecule has 0 spiro atoms. The van der Waals surface area contributed by atoms with Crippen molar-refractivity contribution in [3.05, 3.63) is 77.5 Å². The zero-order valence-electron chi connectivity index (χ0n) is 14.3. The fraction of sp³-hybridized carbons (Fsp3) is 0.182. The predicted octanol–water partition coefficient (Wildman–Crippen LogP) is 4.62. The molecular formula is C22H19NO3. The number of para-hydroxylation sites is 1. The molecule has 3 aromatic rings. The summed E-state index contributed by atoms with van der Waals surface area (Å²) in [5.41, 5.74) is 4.90. The van der Waals surface area contributed by atoms with E-state index in [9.17, 15) is 4.79 Å². The van der Waals surface area contributed by atoms with Crippen molar-refractivity contribution < 1.29 is 14.6 Å². The van der Waals surface area contributed by atoms with E-state index in [1.807, 2.05) is 54.6 Å². The summed E-state index contributed by atoms with van der Waals surface area (Å²) in [7, 11) is 0. The topological polar surface area (TPSA) is 59.4 Å². The van der Waals surface area contributed by atoms with Crippen LogP contribution in [0.4, 0.5) is 0 Å². The van der Waals surface area contributed by atoms with Gasteiger partial charge in [0.2, 0.25) is 0 Å². The van der Waals surface area contributed by atoms with Crippen molar-refractivity contribution >= 4 is 22.4 Å². The minimum absolute atomic E-state index is 0.0637. The smallest absolute Gasteiger partial charge is 0.307 e. The molecular weight excluding hydrogens is 326 g/mol. The molecule has 1 heterocycles. The lowest BCUT2D eigenvalue weighted by atomic mass is 9.89. The van der Waals surface area contributed by atoms with Crippen LogP contribution in [0.5, 0.6) is 5.75 Å². The normalized spacial score (nSPS) is 13.2. The fourth-order valence-electron chi connectivity index (χ4n) is 3.37. The minimum Gasteiger partial charge on any atom is -0.487 e. The SMILES string of the molecule is O=C(O)CC1=CCCc2cc(OCc3ccc4ccccc4n3)ccc21. The van der Waals surface area contributed by atoms with E-state index in [0.29, 0.717) is 6.61 Å². The highest BCUT2D eigenvalue weighted by molar-refractivity contribution is 5.85. The number of ether oxygens (including phenoxy) is 1. The Morgan fingerprint density at radius 1 is 1.12 bits per heavy atom. The van der Waals surface area contributed by atoms with E-state index in [0.717, 1.165) is 51.9 Å². The minimum atomic E-state index is -0.799. The molecule has 0 unspecified atom stereocenters. The summed E-state index contributed by atoms with van der Waals surface area (Å²) < 4.78 is 5.93. The maximum atomic E-state index is 11.0. The summed E-state index contributed by atoms with van der Waals surface area (Å²) in [6, 6.07) is 17.9. The van der Waals surface area contributed by atoms with E-state index in [2.05, 4.69) is 11.1 Å².